The van der Waals surface area contributed by atoms with E-state index in [1.807, 2.05) is 13.8 Å². The van der Waals surface area contributed by atoms with Gasteiger partial charge in [-0.25, -0.2) is 4.79 Å². The van der Waals surface area contributed by atoms with Crippen molar-refractivity contribution in [2.24, 2.45) is 5.92 Å². The number of carbonyl (C=O) groups excluding carboxylic acids is 5. The second-order valence-electron chi connectivity index (χ2n) is 9.02. The summed E-state index contributed by atoms with van der Waals surface area (Å²) in [4.78, 5) is 65.5. The van der Waals surface area contributed by atoms with Crippen LogP contribution in [-0.4, -0.2) is 53.7 Å². The monoisotopic (exact) mass is 477 g/mol. The first kappa shape index (κ1) is 24.1. The van der Waals surface area contributed by atoms with Crippen LogP contribution in [0.3, 0.4) is 0 Å². The van der Waals surface area contributed by atoms with Crippen molar-refractivity contribution in [2.45, 2.75) is 39.2 Å². The number of fused-ring (bicyclic) bond motifs is 1. The fourth-order valence-electron chi connectivity index (χ4n) is 4.32. The van der Waals surface area contributed by atoms with Gasteiger partial charge in [-0.15, -0.1) is 0 Å². The Bertz CT molecular complexity index is 1140. The maximum Gasteiger partial charge on any atom is 0.329 e. The first-order valence-electron chi connectivity index (χ1n) is 11.6. The molecule has 1 atom stereocenters. The number of esters is 1. The van der Waals surface area contributed by atoms with Crippen LogP contribution in [0.15, 0.2) is 48.5 Å². The number of amides is 4. The minimum absolute atomic E-state index is 0.00769. The van der Waals surface area contributed by atoms with Gasteiger partial charge in [0.1, 0.15) is 6.04 Å². The summed E-state index contributed by atoms with van der Waals surface area (Å²) in [5.41, 5.74) is 1.74. The van der Waals surface area contributed by atoms with Crippen molar-refractivity contribution in [3.8, 4) is 0 Å². The zero-order chi connectivity index (χ0) is 25.1. The van der Waals surface area contributed by atoms with Gasteiger partial charge in [-0.3, -0.25) is 24.1 Å². The van der Waals surface area contributed by atoms with E-state index in [0.717, 1.165) is 17.0 Å². The number of anilines is 2. The highest BCUT2D eigenvalue weighted by Crippen LogP contribution is 2.27. The third-order valence-electron chi connectivity index (χ3n) is 5.99. The van der Waals surface area contributed by atoms with E-state index in [9.17, 15) is 24.0 Å². The lowest BCUT2D eigenvalue weighted by Gasteiger charge is -2.25. The molecule has 182 valence electrons. The summed E-state index contributed by atoms with van der Waals surface area (Å²) in [6.07, 6.45) is 1.56. The minimum atomic E-state index is -1.13. The maximum absolute atomic E-state index is 12.9. The standard InChI is InChI=1S/C26H27N3O6/c1-16(2)14-21(29-24(32)19-6-3-4-7-20(19)25(29)33)26(34)35-15-22(30)27-17-9-11-18(12-10-17)28-13-5-8-23(28)31/h3-4,6-7,9-12,16,21H,5,8,13-15H2,1-2H3,(H,27,30)/t21-/m0/s1. The fraction of sp³-hybridized carbons (Fsp3) is 0.346. The highest BCUT2D eigenvalue weighted by molar-refractivity contribution is 6.22. The van der Waals surface area contributed by atoms with Crippen molar-refractivity contribution in [3.05, 3.63) is 59.7 Å². The molecule has 9 heteroatoms. The van der Waals surface area contributed by atoms with Crippen molar-refractivity contribution in [1.82, 2.24) is 4.90 Å². The number of nitrogens with zero attached hydrogens (tertiary/aromatic N) is 2. The SMILES string of the molecule is CC(C)C[C@@H](C(=O)OCC(=O)Nc1ccc(N2CCCC2=O)cc1)N1C(=O)c2ccccc2C1=O. The van der Waals surface area contributed by atoms with Gasteiger partial charge >= 0.3 is 5.97 Å². The third-order valence-corrected chi connectivity index (χ3v) is 5.99. The van der Waals surface area contributed by atoms with Crippen LogP contribution >= 0.6 is 0 Å². The smallest absolute Gasteiger partial charge is 0.329 e. The molecule has 4 amide bonds. The number of hydrogen-bond acceptors (Lipinski definition) is 6. The fourth-order valence-corrected chi connectivity index (χ4v) is 4.32. The highest BCUT2D eigenvalue weighted by Gasteiger charge is 2.43. The van der Waals surface area contributed by atoms with E-state index < -0.39 is 36.3 Å². The Morgan fingerprint density at radius 1 is 0.971 bits per heavy atom. The molecule has 0 radical (unpaired) electrons. The lowest BCUT2D eigenvalue weighted by molar-refractivity contribution is -0.151. The number of hydrogen-bond donors (Lipinski definition) is 1. The summed E-state index contributed by atoms with van der Waals surface area (Å²) in [6.45, 7) is 3.84. The number of carbonyl (C=O) groups is 5. The molecular weight excluding hydrogens is 450 g/mol. The molecule has 1 fully saturated rings. The number of imide groups is 1. The predicted molar refractivity (Wildman–Crippen MR) is 128 cm³/mol. The molecule has 2 heterocycles. The lowest BCUT2D eigenvalue weighted by Crippen LogP contribution is -2.46. The molecule has 2 aromatic carbocycles. The normalized spacial score (nSPS) is 16.0. The van der Waals surface area contributed by atoms with Crippen LogP contribution in [0.2, 0.25) is 0 Å². The van der Waals surface area contributed by atoms with Crippen molar-refractivity contribution in [1.29, 1.82) is 0 Å². The Morgan fingerprint density at radius 2 is 1.60 bits per heavy atom. The molecule has 0 aromatic heterocycles. The quantitative estimate of drug-likeness (QED) is 0.462. The molecule has 4 rings (SSSR count). The van der Waals surface area contributed by atoms with Crippen LogP contribution in [0.5, 0.6) is 0 Å². The molecule has 2 aliphatic rings. The Morgan fingerprint density at radius 3 is 2.14 bits per heavy atom. The van der Waals surface area contributed by atoms with E-state index in [1.165, 1.54) is 0 Å². The topological polar surface area (TPSA) is 113 Å². The van der Waals surface area contributed by atoms with E-state index in [2.05, 4.69) is 5.32 Å². The first-order valence-corrected chi connectivity index (χ1v) is 11.6. The molecule has 35 heavy (non-hydrogen) atoms. The molecule has 1 saturated heterocycles. The molecule has 2 aliphatic heterocycles. The Balaban J connectivity index is 1.37. The summed E-state index contributed by atoms with van der Waals surface area (Å²) >= 11 is 0. The molecule has 0 unspecified atom stereocenters. The molecule has 0 aliphatic carbocycles. The molecule has 0 spiro atoms. The molecule has 0 bridgehead atoms. The number of rotatable bonds is 8. The van der Waals surface area contributed by atoms with Crippen molar-refractivity contribution < 1.29 is 28.7 Å². The van der Waals surface area contributed by atoms with Gasteiger partial charge in [0.2, 0.25) is 5.91 Å². The summed E-state index contributed by atoms with van der Waals surface area (Å²) < 4.78 is 5.22. The molecule has 1 N–H and O–H groups in total. The van der Waals surface area contributed by atoms with Gasteiger partial charge in [0.25, 0.3) is 17.7 Å². The Hall–Kier alpha value is -4.01. The zero-order valence-electron chi connectivity index (χ0n) is 19.7. The molecule has 0 saturated carbocycles. The van der Waals surface area contributed by atoms with Gasteiger partial charge in [-0.1, -0.05) is 26.0 Å². The summed E-state index contributed by atoms with van der Waals surface area (Å²) in [5, 5.41) is 2.64. The average Bonchev–Trinajstić information content (AvgIpc) is 3.37. The molecule has 2 aromatic rings. The van der Waals surface area contributed by atoms with E-state index >= 15 is 0 Å². The lowest BCUT2D eigenvalue weighted by atomic mass is 10.0. The van der Waals surface area contributed by atoms with Crippen LogP contribution in [0.1, 0.15) is 53.8 Å². The summed E-state index contributed by atoms with van der Waals surface area (Å²) in [7, 11) is 0. The van der Waals surface area contributed by atoms with Gasteiger partial charge in [0.15, 0.2) is 6.61 Å². The number of nitrogens with one attached hydrogen (secondary N) is 1. The zero-order valence-corrected chi connectivity index (χ0v) is 19.7. The van der Waals surface area contributed by atoms with Gasteiger partial charge in [-0.05, 0) is 55.2 Å². The third kappa shape index (κ3) is 5.08. The van der Waals surface area contributed by atoms with E-state index in [-0.39, 0.29) is 29.4 Å². The largest absolute Gasteiger partial charge is 0.454 e. The van der Waals surface area contributed by atoms with E-state index in [4.69, 9.17) is 4.74 Å². The van der Waals surface area contributed by atoms with Crippen LogP contribution in [0.25, 0.3) is 0 Å². The molecular formula is C26H27N3O6. The Kier molecular flexibility index (Phi) is 6.95. The second-order valence-corrected chi connectivity index (χ2v) is 9.02. The van der Waals surface area contributed by atoms with Gasteiger partial charge < -0.3 is 15.0 Å². The maximum atomic E-state index is 12.9. The van der Waals surface area contributed by atoms with Crippen LogP contribution in [-0.2, 0) is 19.1 Å². The first-order chi connectivity index (χ1) is 16.8. The number of benzene rings is 2. The second kappa shape index (κ2) is 10.1. The predicted octanol–water partition coefficient (Wildman–Crippen LogP) is 3.01. The van der Waals surface area contributed by atoms with Gasteiger partial charge in [0, 0.05) is 24.3 Å². The summed E-state index contributed by atoms with van der Waals surface area (Å²) in [5.74, 6) is -2.40. The average molecular weight is 478 g/mol. The van der Waals surface area contributed by atoms with Crippen LogP contribution < -0.4 is 10.2 Å². The Labute approximate surface area is 203 Å². The van der Waals surface area contributed by atoms with Crippen molar-refractivity contribution in [3.63, 3.8) is 0 Å². The van der Waals surface area contributed by atoms with Crippen LogP contribution in [0, 0.1) is 5.92 Å². The number of ether oxygens (including phenoxy) is 1. The minimum Gasteiger partial charge on any atom is -0.454 e. The summed E-state index contributed by atoms with van der Waals surface area (Å²) in [6, 6.07) is 12.1. The van der Waals surface area contributed by atoms with E-state index in [0.29, 0.717) is 18.7 Å². The van der Waals surface area contributed by atoms with Crippen molar-refractivity contribution >= 4 is 41.0 Å². The van der Waals surface area contributed by atoms with Crippen molar-refractivity contribution in [2.75, 3.05) is 23.4 Å². The van der Waals surface area contributed by atoms with Crippen LogP contribution in [0.4, 0.5) is 11.4 Å². The van der Waals surface area contributed by atoms with Gasteiger partial charge in [0.05, 0.1) is 11.1 Å². The van der Waals surface area contributed by atoms with E-state index in [1.54, 1.807) is 53.4 Å². The van der Waals surface area contributed by atoms with Gasteiger partial charge in [-0.2, -0.15) is 0 Å². The molecule has 9 nitrogen and oxygen atoms in total. The highest BCUT2D eigenvalue weighted by atomic mass is 16.5.